The molecule has 0 spiro atoms. The zero-order valence-corrected chi connectivity index (χ0v) is 74.2. The summed E-state index contributed by atoms with van der Waals surface area (Å²) >= 11 is 0. The molecule has 0 unspecified atom stereocenters. The molecule has 692 valence electrons. The molecule has 0 radical (unpaired) electrons. The molecule has 0 aliphatic rings. The molecule has 0 atom stereocenters. The van der Waals surface area contributed by atoms with Gasteiger partial charge in [0.2, 0.25) is 0 Å². The van der Waals surface area contributed by atoms with Crippen LogP contribution in [-0.4, -0.2) is 0 Å². The standard InChI is InChI=1S/C50H30O.2C48H30O/c1-2-13-34-30-47-45(28-33(34)12-1)50-37(22-11-23-46(50)51-47)31-24-26-32(27-25-31)48-40-18-7-9-20-42(40)49(43-21-10-8-19-41(43)48)44-29-35-14-3-4-15-36(35)38-16-5-6-17-39(38)44;1-2-12-31(13-3-1)34-16-10-17-37(28-34)47-41-20-8-6-18-39(41)46(40-19-7-9-21-42(40)47)33-26-24-32(25-27-33)38-22-11-23-44-48(38)43-29-35-14-4-5-15-36(35)30-45(43)49-44;1-2-11-31(12-3-1)32-21-25-34(26-22-32)46-39-15-6-8-17-41(39)47(42-18-9-7-16-40(42)46)35-27-23-33(24-28-35)38-19-10-20-44-48(38)43-29-36-13-4-5-14-37(36)30-45(43)49-44/h1-30H;2*1-30H/i3*1D,2D,3D,4D,5D,6D,7D,8D,9D,10D,11D,12D,13D,14D,15D,16D,17D,18D,19D,20D,21D,22D,23D,24D,25D,26D,27D,28D,29D,30D. The van der Waals surface area contributed by atoms with Crippen LogP contribution in [0.4, 0.5) is 0 Å². The zero-order chi connectivity index (χ0) is 176. The normalized spacial score (nSPS) is 20.2. The van der Waals surface area contributed by atoms with Gasteiger partial charge in [-0.1, -0.05) is 477 Å². The lowest BCUT2D eigenvalue weighted by Crippen LogP contribution is -1.92. The number of benzene rings is 28. The Hall–Kier alpha value is -19.6. The van der Waals surface area contributed by atoms with Crippen molar-refractivity contribution in [2.75, 3.05) is 0 Å². The first-order chi connectivity index (χ1) is 111. The molecule has 0 bridgehead atoms. The number of hydrogen-bond acceptors (Lipinski definition) is 3. The average molecular weight is 1980 g/mol. The van der Waals surface area contributed by atoms with Crippen LogP contribution in [-0.2, 0) is 0 Å². The van der Waals surface area contributed by atoms with E-state index in [4.69, 9.17) is 84.5 Å². The van der Waals surface area contributed by atoms with Gasteiger partial charge in [0.15, 0.2) is 0 Å². The van der Waals surface area contributed by atoms with Gasteiger partial charge in [0.25, 0.3) is 0 Å². The van der Waals surface area contributed by atoms with Crippen LogP contribution >= 0.6 is 0 Å². The number of fused-ring (bicyclic) bond motifs is 21. The van der Waals surface area contributed by atoms with E-state index in [9.17, 15) is 52.1 Å². The lowest BCUT2D eigenvalue weighted by atomic mass is 9.83. The molecular formula is C146H90O3. The Balaban J connectivity index is 0.000000149. The van der Waals surface area contributed by atoms with Crippen molar-refractivity contribution in [3.8, 4) is 122 Å². The molecule has 0 saturated carbocycles. The summed E-state index contributed by atoms with van der Waals surface area (Å²) in [4.78, 5) is 0. The number of rotatable bonds is 11. The van der Waals surface area contributed by atoms with Gasteiger partial charge in [-0.05, 0) is 307 Å². The first-order valence-electron chi connectivity index (χ1n) is 89.0. The fraction of sp³-hybridized carbons (Fsp3) is 0. The third kappa shape index (κ3) is 14.7. The van der Waals surface area contributed by atoms with Crippen LogP contribution < -0.4 is 0 Å². The minimum absolute atomic E-state index is 0.466. The lowest BCUT2D eigenvalue weighted by Gasteiger charge is -2.19. The van der Waals surface area contributed by atoms with E-state index >= 15 is 0 Å². The molecule has 31 aromatic rings. The Morgan fingerprint density at radius 1 is 0.107 bits per heavy atom. The van der Waals surface area contributed by atoms with Crippen molar-refractivity contribution >= 4 is 184 Å². The van der Waals surface area contributed by atoms with Gasteiger partial charge in [-0.15, -0.1) is 0 Å². The Labute approximate surface area is 986 Å². The van der Waals surface area contributed by atoms with Crippen LogP contribution in [0.5, 0.6) is 0 Å². The largest absolute Gasteiger partial charge is 0.456 e. The van der Waals surface area contributed by atoms with E-state index in [2.05, 4.69) is 0 Å². The summed E-state index contributed by atoms with van der Waals surface area (Å²) in [5.74, 6) is 0. The van der Waals surface area contributed by atoms with Gasteiger partial charge in [-0.2, -0.15) is 0 Å². The average Bonchev–Trinajstić information content (AvgIpc) is 1.29. The van der Waals surface area contributed by atoms with Gasteiger partial charge in [0, 0.05) is 32.3 Å². The van der Waals surface area contributed by atoms with Gasteiger partial charge >= 0.3 is 0 Å². The van der Waals surface area contributed by atoms with E-state index in [1.165, 1.54) is 0 Å². The summed E-state index contributed by atoms with van der Waals surface area (Å²) in [5, 5.41) is -18.1. The second-order valence-corrected chi connectivity index (χ2v) is 32.3. The molecule has 0 amide bonds. The maximum atomic E-state index is 9.84. The number of hydrogen-bond donors (Lipinski definition) is 0. The first-order valence-corrected chi connectivity index (χ1v) is 44.0. The predicted octanol–water partition coefficient (Wildman–Crippen LogP) is 41.8. The van der Waals surface area contributed by atoms with Gasteiger partial charge in [-0.3, -0.25) is 0 Å². The van der Waals surface area contributed by atoms with Crippen LogP contribution in [0, 0.1) is 0 Å². The molecule has 0 saturated heterocycles. The highest BCUT2D eigenvalue weighted by Gasteiger charge is 2.26. The van der Waals surface area contributed by atoms with E-state index in [1.54, 1.807) is 0 Å². The summed E-state index contributed by atoms with van der Waals surface area (Å²) in [5.41, 5.74) is -21.5. The highest BCUT2D eigenvalue weighted by Crippen LogP contribution is 2.53. The highest BCUT2D eigenvalue weighted by atomic mass is 16.3. The van der Waals surface area contributed by atoms with Crippen molar-refractivity contribution in [2.45, 2.75) is 0 Å². The van der Waals surface area contributed by atoms with E-state index in [1.807, 2.05) is 0 Å². The fourth-order valence-electron chi connectivity index (χ4n) is 17.9. The Morgan fingerprint density at radius 3 is 0.658 bits per heavy atom. The minimum atomic E-state index is -1.14. The first kappa shape index (κ1) is 34.9. The fourth-order valence-corrected chi connectivity index (χ4v) is 17.9. The topological polar surface area (TPSA) is 39.4 Å². The molecular weight excluding hydrogens is 1800 g/mol. The Bertz CT molecular complexity index is 16500. The Morgan fingerprint density at radius 2 is 0.329 bits per heavy atom. The minimum Gasteiger partial charge on any atom is -0.456 e. The van der Waals surface area contributed by atoms with Crippen molar-refractivity contribution < 1.29 is 137 Å². The molecule has 3 aromatic heterocycles. The summed E-state index contributed by atoms with van der Waals surface area (Å²) < 4.78 is 829. The monoisotopic (exact) mass is 1980 g/mol. The summed E-state index contributed by atoms with van der Waals surface area (Å²) in [6.07, 6.45) is 0. The third-order valence-electron chi connectivity index (χ3n) is 24.2. The van der Waals surface area contributed by atoms with Crippen LogP contribution in [0.3, 0.4) is 0 Å². The molecule has 3 heterocycles. The molecule has 0 N–H and O–H groups in total. The Kier molecular flexibility index (Phi) is 8.37. The highest BCUT2D eigenvalue weighted by molar-refractivity contribution is 6.29. The van der Waals surface area contributed by atoms with Gasteiger partial charge in [-0.25, -0.2) is 0 Å². The maximum absolute atomic E-state index is 9.84. The van der Waals surface area contributed by atoms with E-state index in [0.717, 1.165) is 0 Å². The van der Waals surface area contributed by atoms with Gasteiger partial charge in [0.05, 0.1) is 123 Å². The third-order valence-corrected chi connectivity index (χ3v) is 24.2. The maximum Gasteiger partial charge on any atom is 0.136 e. The molecule has 28 aromatic carbocycles. The van der Waals surface area contributed by atoms with Crippen LogP contribution in [0.2, 0.25) is 0 Å². The van der Waals surface area contributed by atoms with E-state index < -0.39 is 851 Å². The summed E-state index contributed by atoms with van der Waals surface area (Å²) in [6.45, 7) is 0. The summed E-state index contributed by atoms with van der Waals surface area (Å²) in [7, 11) is 0. The second-order valence-electron chi connectivity index (χ2n) is 32.3. The number of furan rings is 3. The van der Waals surface area contributed by atoms with Gasteiger partial charge in [0.1, 0.15) is 33.5 Å². The van der Waals surface area contributed by atoms with Crippen molar-refractivity contribution in [1.29, 1.82) is 0 Å². The molecule has 3 heteroatoms. The quantitative estimate of drug-likeness (QED) is 0.0957. The van der Waals surface area contributed by atoms with Crippen molar-refractivity contribution in [2.24, 2.45) is 0 Å². The lowest BCUT2D eigenvalue weighted by molar-refractivity contribution is 0.669. The molecule has 0 aliphatic heterocycles. The SMILES string of the molecule is [2H]c1c([2H])c(-c2c([2H])c([2H])c([2H])c3oc4c([2H])c5c([2H])c([2H])c([2H])c([2H])c5c([2H])c4c23)c([2H])c([2H])c1-c1c2c([2H])c([2H])c([2H])c([2H])c2c(-c2c([2H])c3c([2H])c([2H])c([2H])c([2H])c3c3c([2H])c([2H])c([2H])c([2H])c23)c2c([2H])c([2H])c([2H])c([2H])c12.[2H]c1c([2H])c([2H])c(-c2c([2H])c([2H])c(-c3c4c([2H])c([2H])c([2H])c([2H])c4c(-c4c([2H])c([2H])c(-c5c([2H])c([2H])c([2H])c6oc7c([2H])c8c([2H])c([2H])c([2H])c([2H])c8c([2H])c7c56)c([2H])c4[2H])c4c([2H])c([2H])c([2H])c([2H])c34)c([2H])c2[2H])c([2H])c1[2H].[2H]c1c([2H])c([2H])c(-c2c([2H])c([2H])c([2H])c(-c3c4c([2H])c([2H])c([2H])c([2H])c4c(-c4c([2H])c([2H])c(-c5c([2H])c([2H])c([2H])c6oc7c([2H])c8c([2H])c([2H])c([2H])c([2H])c8c([2H])c7c56)c([2H])c4[2H])c4c([2H])c([2H])c([2H])c([2H])c34)c2[2H])c([2H])c1[2H]. The summed E-state index contributed by atoms with van der Waals surface area (Å²) in [6, 6.07) is -86.0. The second kappa shape index (κ2) is 35.8. The van der Waals surface area contributed by atoms with E-state index in [-0.39, 0.29) is 0 Å². The smallest absolute Gasteiger partial charge is 0.136 e. The van der Waals surface area contributed by atoms with Crippen molar-refractivity contribution in [3.63, 3.8) is 0 Å². The molecule has 0 aliphatic carbocycles. The van der Waals surface area contributed by atoms with Crippen molar-refractivity contribution in [3.05, 3.63) is 544 Å². The predicted molar refractivity (Wildman–Crippen MR) is 634 cm³/mol. The van der Waals surface area contributed by atoms with Crippen LogP contribution in [0.25, 0.3) is 307 Å². The molecule has 0 fully saturated rings. The molecule has 149 heavy (non-hydrogen) atoms. The van der Waals surface area contributed by atoms with E-state index in [0.29, 0.717) is 0 Å². The molecule has 3 nitrogen and oxygen atoms in total. The zero-order valence-electron chi connectivity index (χ0n) is 164. The van der Waals surface area contributed by atoms with Crippen molar-refractivity contribution in [1.82, 2.24) is 0 Å². The molecule has 31 rings (SSSR count). The van der Waals surface area contributed by atoms with Crippen LogP contribution in [0.15, 0.2) is 557 Å². The van der Waals surface area contributed by atoms with Crippen LogP contribution in [0.1, 0.15) is 123 Å². The van der Waals surface area contributed by atoms with Gasteiger partial charge < -0.3 is 13.3 Å².